The van der Waals surface area contributed by atoms with Crippen LogP contribution in [-0.2, 0) is 4.79 Å². The van der Waals surface area contributed by atoms with E-state index in [1.54, 1.807) is 35.2 Å². The Bertz CT molecular complexity index is 1340. The highest BCUT2D eigenvalue weighted by atomic mass is 16.5. The van der Waals surface area contributed by atoms with Crippen LogP contribution < -0.4 is 20.9 Å². The molecule has 2 aliphatic rings. The minimum absolute atomic E-state index is 0.0123. The number of benzene rings is 2. The van der Waals surface area contributed by atoms with Gasteiger partial charge in [-0.25, -0.2) is 9.97 Å². The number of ether oxygens (including phenoxy) is 2. The summed E-state index contributed by atoms with van der Waals surface area (Å²) in [6.07, 6.45) is 8.08. The zero-order valence-electron chi connectivity index (χ0n) is 21.9. The zero-order valence-corrected chi connectivity index (χ0v) is 21.9. The molecule has 2 aromatic carbocycles. The molecular formula is C29H33N7O3. The first-order chi connectivity index (χ1) is 19.0. The molecule has 10 heteroatoms. The van der Waals surface area contributed by atoms with Crippen molar-refractivity contribution >= 4 is 17.6 Å². The summed E-state index contributed by atoms with van der Waals surface area (Å²) in [5, 5.41) is 0. The van der Waals surface area contributed by atoms with Gasteiger partial charge in [-0.1, -0.05) is 24.3 Å². The monoisotopic (exact) mass is 527 g/mol. The first kappa shape index (κ1) is 26.2. The van der Waals surface area contributed by atoms with Crippen LogP contribution in [0.25, 0.3) is 0 Å². The van der Waals surface area contributed by atoms with Crippen LogP contribution in [0, 0.1) is 0 Å². The number of anilines is 1. The molecule has 1 aliphatic carbocycles. The van der Waals surface area contributed by atoms with E-state index in [0.29, 0.717) is 42.6 Å². The molecule has 5 rings (SSSR count). The highest BCUT2D eigenvalue weighted by molar-refractivity contribution is 6.03. The Labute approximate surface area is 228 Å². The van der Waals surface area contributed by atoms with E-state index in [0.717, 1.165) is 12.3 Å². The number of amidine groups is 1. The number of hydrogen-bond acceptors (Lipinski definition) is 8. The van der Waals surface area contributed by atoms with Crippen LogP contribution in [0.1, 0.15) is 24.8 Å². The quantitative estimate of drug-likeness (QED) is 0.232. The summed E-state index contributed by atoms with van der Waals surface area (Å²) in [6, 6.07) is 17.2. The van der Waals surface area contributed by atoms with Gasteiger partial charge in [0.25, 0.3) is 0 Å². The molecule has 1 aromatic heterocycles. The van der Waals surface area contributed by atoms with Crippen molar-refractivity contribution in [1.82, 2.24) is 19.8 Å². The third-order valence-corrected chi connectivity index (χ3v) is 6.74. The maximum Gasteiger partial charge on any atom is 0.246 e. The summed E-state index contributed by atoms with van der Waals surface area (Å²) >= 11 is 0. The third-order valence-electron chi connectivity index (χ3n) is 6.74. The second kappa shape index (κ2) is 12.0. The number of nitrogen functional groups attached to an aromatic ring is 1. The molecule has 0 unspecified atom stereocenters. The van der Waals surface area contributed by atoms with Crippen molar-refractivity contribution in [1.29, 1.82) is 0 Å². The minimum Gasteiger partial charge on any atom is -0.457 e. The maximum atomic E-state index is 12.6. The van der Waals surface area contributed by atoms with Crippen LogP contribution in [0.5, 0.6) is 23.1 Å². The van der Waals surface area contributed by atoms with Gasteiger partial charge in [-0.15, -0.1) is 0 Å². The fourth-order valence-corrected chi connectivity index (χ4v) is 4.41. The van der Waals surface area contributed by atoms with Crippen LogP contribution in [0.2, 0.25) is 0 Å². The molecule has 1 aliphatic heterocycles. The second-order valence-corrected chi connectivity index (χ2v) is 9.74. The highest BCUT2D eigenvalue weighted by Gasteiger charge is 2.27. The van der Waals surface area contributed by atoms with Gasteiger partial charge in [-0.2, -0.15) is 0 Å². The number of likely N-dealkylation sites (N-methyl/N-ethyl adjacent to an activating group) is 1. The van der Waals surface area contributed by atoms with Gasteiger partial charge in [0.1, 0.15) is 40.8 Å². The lowest BCUT2D eigenvalue weighted by molar-refractivity contribution is -0.125. The SMILES string of the molecule is CN(C/C=C/C(=O)N1CC[C@@H](N=C(N)c2c(N)ncnc2Oc2ccc(Oc3ccccc3)cc2)C1)C1CC1. The summed E-state index contributed by atoms with van der Waals surface area (Å²) < 4.78 is 11.8. The highest BCUT2D eigenvalue weighted by Crippen LogP contribution is 2.29. The molecule has 202 valence electrons. The summed E-state index contributed by atoms with van der Waals surface area (Å²) in [6.45, 7) is 1.87. The Kier molecular flexibility index (Phi) is 8.02. The largest absolute Gasteiger partial charge is 0.457 e. The Morgan fingerprint density at radius 3 is 2.46 bits per heavy atom. The van der Waals surface area contributed by atoms with Crippen molar-refractivity contribution in [3.63, 3.8) is 0 Å². The Morgan fingerprint density at radius 1 is 1.05 bits per heavy atom. The van der Waals surface area contributed by atoms with Crippen molar-refractivity contribution in [3.8, 4) is 23.1 Å². The lowest BCUT2D eigenvalue weighted by atomic mass is 10.2. The van der Waals surface area contributed by atoms with Crippen LogP contribution in [0.15, 0.2) is 78.1 Å². The molecule has 1 atom stereocenters. The van der Waals surface area contributed by atoms with Crippen LogP contribution in [-0.4, -0.2) is 70.3 Å². The van der Waals surface area contributed by atoms with Gasteiger partial charge in [0.05, 0.1) is 6.04 Å². The lowest BCUT2D eigenvalue weighted by Gasteiger charge is -2.15. The van der Waals surface area contributed by atoms with Crippen molar-refractivity contribution in [2.45, 2.75) is 31.3 Å². The number of rotatable bonds is 10. The fraction of sp³-hybridized carbons (Fsp3) is 0.310. The summed E-state index contributed by atoms with van der Waals surface area (Å²) in [7, 11) is 2.09. The van der Waals surface area contributed by atoms with E-state index in [4.69, 9.17) is 20.9 Å². The number of aliphatic imine (C=N–C) groups is 1. The van der Waals surface area contributed by atoms with Crippen LogP contribution >= 0.6 is 0 Å². The minimum atomic E-state index is -0.154. The van der Waals surface area contributed by atoms with Crippen molar-refractivity contribution in [2.75, 3.05) is 32.4 Å². The number of para-hydroxylation sites is 1. The van der Waals surface area contributed by atoms with E-state index in [9.17, 15) is 4.79 Å². The molecule has 10 nitrogen and oxygen atoms in total. The topological polar surface area (TPSA) is 132 Å². The Morgan fingerprint density at radius 2 is 1.74 bits per heavy atom. The van der Waals surface area contributed by atoms with Gasteiger partial charge < -0.3 is 25.8 Å². The molecule has 0 radical (unpaired) electrons. The average molecular weight is 528 g/mol. The molecule has 39 heavy (non-hydrogen) atoms. The number of amides is 1. The van der Waals surface area contributed by atoms with E-state index in [-0.39, 0.29) is 29.5 Å². The second-order valence-electron chi connectivity index (χ2n) is 9.74. The first-order valence-corrected chi connectivity index (χ1v) is 13.1. The van der Waals surface area contributed by atoms with Crippen LogP contribution in [0.4, 0.5) is 5.82 Å². The average Bonchev–Trinajstić information content (AvgIpc) is 3.69. The summed E-state index contributed by atoms with van der Waals surface area (Å²) in [5.74, 6) is 2.47. The molecule has 2 heterocycles. The third kappa shape index (κ3) is 6.91. The van der Waals surface area contributed by atoms with E-state index < -0.39 is 0 Å². The summed E-state index contributed by atoms with van der Waals surface area (Å²) in [4.78, 5) is 29.6. The molecule has 1 amide bonds. The predicted octanol–water partition coefficient (Wildman–Crippen LogP) is 3.60. The number of hydrogen-bond donors (Lipinski definition) is 2. The van der Waals surface area contributed by atoms with Crippen molar-refractivity contribution < 1.29 is 14.3 Å². The molecule has 1 saturated carbocycles. The normalized spacial score (nSPS) is 17.6. The predicted molar refractivity (Wildman–Crippen MR) is 150 cm³/mol. The van der Waals surface area contributed by atoms with Crippen LogP contribution in [0.3, 0.4) is 0 Å². The smallest absolute Gasteiger partial charge is 0.246 e. The molecule has 0 spiro atoms. The molecule has 3 aromatic rings. The van der Waals surface area contributed by atoms with Gasteiger partial charge in [0.2, 0.25) is 11.8 Å². The van der Waals surface area contributed by atoms with Gasteiger partial charge in [-0.05, 0) is 62.7 Å². The van der Waals surface area contributed by atoms with Gasteiger partial charge in [-0.3, -0.25) is 14.7 Å². The Balaban J connectivity index is 1.22. The van der Waals surface area contributed by atoms with E-state index in [1.165, 1.54) is 19.2 Å². The number of likely N-dealkylation sites (tertiary alicyclic amines) is 1. The molecule has 0 bridgehead atoms. The van der Waals surface area contributed by atoms with E-state index in [1.807, 2.05) is 36.4 Å². The standard InChI is InChI=1S/C29H33N7O3/c1-35(21-9-10-21)16-5-8-25(37)36-17-15-20(18-36)34-28(31)26-27(30)32-19-33-29(26)39-24-13-11-23(12-14-24)38-22-6-3-2-4-7-22/h2-8,11-14,19-21H,9-10,15-18H2,1H3,(H2,31,34)(H2,30,32,33)/b8-5+/t20-/m1/s1. The lowest BCUT2D eigenvalue weighted by Crippen LogP contribution is -2.29. The zero-order chi connectivity index (χ0) is 27.2. The first-order valence-electron chi connectivity index (χ1n) is 13.1. The van der Waals surface area contributed by atoms with Crippen molar-refractivity contribution in [2.24, 2.45) is 10.7 Å². The number of carbonyl (C=O) groups is 1. The number of carbonyl (C=O) groups excluding carboxylic acids is 1. The molecule has 2 fully saturated rings. The molecule has 4 N–H and O–H groups in total. The van der Waals surface area contributed by atoms with Gasteiger partial charge >= 0.3 is 0 Å². The number of nitrogens with two attached hydrogens (primary N) is 2. The fourth-order valence-electron chi connectivity index (χ4n) is 4.41. The van der Waals surface area contributed by atoms with Gasteiger partial charge in [0.15, 0.2) is 0 Å². The Hall–Kier alpha value is -4.44. The number of aromatic nitrogens is 2. The molecular weight excluding hydrogens is 494 g/mol. The van der Waals surface area contributed by atoms with Crippen molar-refractivity contribution in [3.05, 3.63) is 78.6 Å². The van der Waals surface area contributed by atoms with E-state index in [2.05, 4.69) is 26.9 Å². The molecule has 1 saturated heterocycles. The maximum absolute atomic E-state index is 12.6. The number of nitrogens with zero attached hydrogens (tertiary/aromatic N) is 5. The van der Waals surface area contributed by atoms with E-state index >= 15 is 0 Å². The summed E-state index contributed by atoms with van der Waals surface area (Å²) in [5.41, 5.74) is 12.9. The van der Waals surface area contributed by atoms with Gasteiger partial charge in [0, 0.05) is 31.8 Å².